The van der Waals surface area contributed by atoms with Crippen LogP contribution in [-0.2, 0) is 6.42 Å². The van der Waals surface area contributed by atoms with E-state index in [4.69, 9.17) is 23.2 Å². The lowest BCUT2D eigenvalue weighted by molar-refractivity contribution is -0.122. The second kappa shape index (κ2) is 6.86. The molecular weight excluding hydrogens is 304 g/mol. The zero-order valence-electron chi connectivity index (χ0n) is 9.65. The lowest BCUT2D eigenvalue weighted by Gasteiger charge is -2.10. The number of halogens is 5. The van der Waals surface area contributed by atoms with Crippen molar-refractivity contribution in [3.8, 4) is 0 Å². The first-order valence-corrected chi connectivity index (χ1v) is 6.06. The third-order valence-corrected chi connectivity index (χ3v) is 2.73. The van der Waals surface area contributed by atoms with Crippen LogP contribution in [-0.4, -0.2) is 25.3 Å². The van der Waals surface area contributed by atoms with Crippen molar-refractivity contribution in [2.45, 2.75) is 12.6 Å². The zero-order chi connectivity index (χ0) is 14.5. The Morgan fingerprint density at radius 2 is 1.89 bits per heavy atom. The summed E-state index contributed by atoms with van der Waals surface area (Å²) in [5.41, 5.74) is 0.752. The van der Waals surface area contributed by atoms with E-state index in [-0.39, 0.29) is 6.54 Å². The highest BCUT2D eigenvalue weighted by molar-refractivity contribution is 6.35. The van der Waals surface area contributed by atoms with Crippen LogP contribution in [0.5, 0.6) is 0 Å². The van der Waals surface area contributed by atoms with Crippen LogP contribution in [0.3, 0.4) is 0 Å². The molecule has 19 heavy (non-hydrogen) atoms. The summed E-state index contributed by atoms with van der Waals surface area (Å²) in [5, 5.41) is 4.95. The number of hydrogen-bond donors (Lipinski definition) is 2. The second-order valence-electron chi connectivity index (χ2n) is 3.71. The highest BCUT2D eigenvalue weighted by atomic mass is 35.5. The number of amides is 2. The first-order chi connectivity index (χ1) is 8.78. The summed E-state index contributed by atoms with van der Waals surface area (Å²) in [6, 6.07) is 4.02. The molecule has 2 N–H and O–H groups in total. The number of rotatable bonds is 4. The normalized spacial score (nSPS) is 11.2. The third kappa shape index (κ3) is 6.54. The highest BCUT2D eigenvalue weighted by Crippen LogP contribution is 2.21. The number of benzene rings is 1. The Morgan fingerprint density at radius 3 is 2.47 bits per heavy atom. The molecule has 106 valence electrons. The molecule has 1 aromatic carbocycles. The predicted octanol–water partition coefficient (Wildman–Crippen LogP) is 3.40. The van der Waals surface area contributed by atoms with Crippen LogP contribution in [0.25, 0.3) is 0 Å². The maximum absolute atomic E-state index is 11.8. The van der Waals surface area contributed by atoms with Gasteiger partial charge in [-0.3, -0.25) is 0 Å². The van der Waals surface area contributed by atoms with Crippen LogP contribution >= 0.6 is 23.2 Å². The van der Waals surface area contributed by atoms with Crippen molar-refractivity contribution in [1.29, 1.82) is 0 Å². The van der Waals surface area contributed by atoms with Gasteiger partial charge in [0.25, 0.3) is 0 Å². The summed E-state index contributed by atoms with van der Waals surface area (Å²) in [4.78, 5) is 11.0. The Bertz CT molecular complexity index is 452. The van der Waals surface area contributed by atoms with Crippen molar-refractivity contribution < 1.29 is 18.0 Å². The van der Waals surface area contributed by atoms with Crippen molar-refractivity contribution >= 4 is 29.2 Å². The van der Waals surface area contributed by atoms with Gasteiger partial charge in [-0.1, -0.05) is 29.3 Å². The van der Waals surface area contributed by atoms with Gasteiger partial charge in [0.05, 0.1) is 0 Å². The van der Waals surface area contributed by atoms with Gasteiger partial charge in [0.2, 0.25) is 0 Å². The van der Waals surface area contributed by atoms with Crippen molar-refractivity contribution in [2.24, 2.45) is 0 Å². The molecule has 0 heterocycles. The minimum Gasteiger partial charge on any atom is -0.338 e. The number of carbonyl (C=O) groups is 1. The van der Waals surface area contributed by atoms with Crippen LogP contribution in [0.2, 0.25) is 10.0 Å². The zero-order valence-corrected chi connectivity index (χ0v) is 11.2. The maximum atomic E-state index is 11.8. The number of carbonyl (C=O) groups excluding carboxylic acids is 1. The van der Waals surface area contributed by atoms with Crippen molar-refractivity contribution in [2.75, 3.05) is 13.1 Å². The molecule has 0 aliphatic carbocycles. The van der Waals surface area contributed by atoms with Crippen LogP contribution in [0.4, 0.5) is 18.0 Å². The van der Waals surface area contributed by atoms with Gasteiger partial charge in [-0.15, -0.1) is 0 Å². The molecule has 1 aromatic rings. The summed E-state index contributed by atoms with van der Waals surface area (Å²) in [5.74, 6) is 0. The Labute approximate surface area is 118 Å². The fraction of sp³-hybridized carbons (Fsp3) is 0.364. The Kier molecular flexibility index (Phi) is 5.75. The SMILES string of the molecule is O=C(NCCc1ccc(Cl)cc1Cl)NCC(F)(F)F. The predicted molar refractivity (Wildman–Crippen MR) is 67.6 cm³/mol. The first kappa shape index (κ1) is 15.9. The van der Waals surface area contributed by atoms with E-state index in [0.717, 1.165) is 5.56 Å². The lowest BCUT2D eigenvalue weighted by atomic mass is 10.1. The van der Waals surface area contributed by atoms with Crippen LogP contribution < -0.4 is 10.6 Å². The quantitative estimate of drug-likeness (QED) is 0.878. The average Bonchev–Trinajstić information content (AvgIpc) is 2.28. The maximum Gasteiger partial charge on any atom is 0.405 e. The molecule has 2 amide bonds. The number of nitrogens with one attached hydrogen (secondary N) is 2. The van der Waals surface area contributed by atoms with E-state index in [1.165, 1.54) is 0 Å². The molecule has 0 aliphatic rings. The topological polar surface area (TPSA) is 41.1 Å². The van der Waals surface area contributed by atoms with E-state index in [1.807, 2.05) is 0 Å². The van der Waals surface area contributed by atoms with Crippen molar-refractivity contribution in [1.82, 2.24) is 10.6 Å². The Balaban J connectivity index is 2.32. The molecule has 0 unspecified atom stereocenters. The van der Waals surface area contributed by atoms with Crippen molar-refractivity contribution in [3.63, 3.8) is 0 Å². The van der Waals surface area contributed by atoms with Gasteiger partial charge in [-0.2, -0.15) is 13.2 Å². The minimum absolute atomic E-state index is 0.172. The smallest absolute Gasteiger partial charge is 0.338 e. The van der Waals surface area contributed by atoms with Crippen LogP contribution in [0.15, 0.2) is 18.2 Å². The molecule has 0 aliphatic heterocycles. The fourth-order valence-corrected chi connectivity index (χ4v) is 1.78. The van der Waals surface area contributed by atoms with Gasteiger partial charge >= 0.3 is 12.2 Å². The number of hydrogen-bond acceptors (Lipinski definition) is 1. The average molecular weight is 315 g/mol. The molecule has 0 radical (unpaired) electrons. The molecule has 3 nitrogen and oxygen atoms in total. The third-order valence-electron chi connectivity index (χ3n) is 2.14. The standard InChI is InChI=1S/C11H11Cl2F3N2O/c12-8-2-1-7(9(13)5-8)3-4-17-10(19)18-6-11(14,15)16/h1-2,5H,3-4,6H2,(H2,17,18,19). The van der Waals surface area contributed by atoms with Gasteiger partial charge in [-0.25, -0.2) is 4.79 Å². The summed E-state index contributed by atoms with van der Waals surface area (Å²) >= 11 is 11.6. The second-order valence-corrected chi connectivity index (χ2v) is 4.55. The fourth-order valence-electron chi connectivity index (χ4n) is 1.28. The summed E-state index contributed by atoms with van der Waals surface area (Å²) in [7, 11) is 0. The summed E-state index contributed by atoms with van der Waals surface area (Å²) in [6.45, 7) is -1.19. The number of urea groups is 1. The molecule has 0 atom stereocenters. The van der Waals surface area contributed by atoms with E-state index in [9.17, 15) is 18.0 Å². The van der Waals surface area contributed by atoms with E-state index >= 15 is 0 Å². The lowest BCUT2D eigenvalue weighted by Crippen LogP contribution is -2.41. The largest absolute Gasteiger partial charge is 0.405 e. The summed E-state index contributed by atoms with van der Waals surface area (Å²) < 4.78 is 35.5. The van der Waals surface area contributed by atoms with E-state index in [2.05, 4.69) is 5.32 Å². The van der Waals surface area contributed by atoms with Gasteiger partial charge in [0, 0.05) is 16.6 Å². The molecule has 0 saturated heterocycles. The van der Waals surface area contributed by atoms with E-state index in [0.29, 0.717) is 16.5 Å². The minimum atomic E-state index is -4.42. The monoisotopic (exact) mass is 314 g/mol. The molecule has 8 heteroatoms. The van der Waals surface area contributed by atoms with E-state index < -0.39 is 18.8 Å². The van der Waals surface area contributed by atoms with Gasteiger partial charge in [0.15, 0.2) is 0 Å². The first-order valence-electron chi connectivity index (χ1n) is 5.30. The Morgan fingerprint density at radius 1 is 1.21 bits per heavy atom. The Hall–Kier alpha value is -1.14. The molecular formula is C11H11Cl2F3N2O. The molecule has 0 aromatic heterocycles. The van der Waals surface area contributed by atoms with Gasteiger partial charge in [-0.05, 0) is 24.1 Å². The molecule has 1 rings (SSSR count). The molecule has 0 saturated carbocycles. The number of alkyl halides is 3. The highest BCUT2D eigenvalue weighted by Gasteiger charge is 2.27. The van der Waals surface area contributed by atoms with Crippen LogP contribution in [0.1, 0.15) is 5.56 Å². The van der Waals surface area contributed by atoms with Gasteiger partial charge in [0.1, 0.15) is 6.54 Å². The van der Waals surface area contributed by atoms with Gasteiger partial charge < -0.3 is 10.6 Å². The molecule has 0 fully saturated rings. The van der Waals surface area contributed by atoms with Crippen LogP contribution in [0, 0.1) is 0 Å². The molecule has 0 spiro atoms. The summed E-state index contributed by atoms with van der Waals surface area (Å²) in [6.07, 6.45) is -4.02. The van der Waals surface area contributed by atoms with Crippen molar-refractivity contribution in [3.05, 3.63) is 33.8 Å². The van der Waals surface area contributed by atoms with E-state index in [1.54, 1.807) is 23.5 Å². The molecule has 0 bridgehead atoms.